The minimum absolute atomic E-state index is 0. The third kappa shape index (κ3) is 7.26. The SMILES string of the molecule is CN=C(NCCN(CCOC)C1CC1)NCc1ccsc1.I. The number of hydrogen-bond acceptors (Lipinski definition) is 4. The standard InChI is InChI=1S/C15H26N4OS.HI/c1-16-15(18-11-13-5-10-21-12-13)17-6-7-19(8-9-20-2)14-3-4-14;/h5,10,12,14H,3-4,6-9,11H2,1-2H3,(H2,16,17,18);1H. The van der Waals surface area contributed by atoms with Crippen LogP contribution in [0.15, 0.2) is 21.8 Å². The van der Waals surface area contributed by atoms with E-state index in [0.29, 0.717) is 0 Å². The lowest BCUT2D eigenvalue weighted by atomic mass is 10.3. The van der Waals surface area contributed by atoms with Gasteiger partial charge in [-0.1, -0.05) is 0 Å². The Hall–Kier alpha value is -0.380. The second-order valence-electron chi connectivity index (χ2n) is 5.24. The van der Waals surface area contributed by atoms with Crippen LogP contribution in [0.4, 0.5) is 0 Å². The fraction of sp³-hybridized carbons (Fsp3) is 0.667. The van der Waals surface area contributed by atoms with Crippen molar-refractivity contribution in [1.82, 2.24) is 15.5 Å². The number of nitrogens with zero attached hydrogens (tertiary/aromatic N) is 2. The fourth-order valence-electron chi connectivity index (χ4n) is 2.24. The first-order valence-corrected chi connectivity index (χ1v) is 8.46. The first kappa shape index (κ1) is 19.7. The van der Waals surface area contributed by atoms with Crippen molar-refractivity contribution in [3.8, 4) is 0 Å². The molecule has 0 amide bonds. The lowest BCUT2D eigenvalue weighted by molar-refractivity contribution is 0.144. The van der Waals surface area contributed by atoms with Crippen LogP contribution in [0.3, 0.4) is 0 Å². The monoisotopic (exact) mass is 438 g/mol. The van der Waals surface area contributed by atoms with E-state index in [0.717, 1.165) is 44.8 Å². The maximum atomic E-state index is 5.18. The summed E-state index contributed by atoms with van der Waals surface area (Å²) in [4.78, 5) is 6.76. The molecular formula is C15H27IN4OS. The first-order chi connectivity index (χ1) is 10.3. The zero-order chi connectivity index (χ0) is 14.9. The third-order valence-electron chi connectivity index (χ3n) is 3.60. The lowest BCUT2D eigenvalue weighted by Gasteiger charge is -2.22. The van der Waals surface area contributed by atoms with Crippen LogP contribution >= 0.6 is 35.3 Å². The zero-order valence-corrected chi connectivity index (χ0v) is 16.5. The predicted octanol–water partition coefficient (Wildman–Crippen LogP) is 2.14. The summed E-state index contributed by atoms with van der Waals surface area (Å²) in [6.45, 7) is 4.58. The number of halogens is 1. The van der Waals surface area contributed by atoms with Gasteiger partial charge in [-0.25, -0.2) is 0 Å². The average molecular weight is 438 g/mol. The molecule has 0 bridgehead atoms. The summed E-state index contributed by atoms with van der Waals surface area (Å²) in [7, 11) is 3.58. The molecule has 0 aromatic carbocycles. The molecule has 0 spiro atoms. The summed E-state index contributed by atoms with van der Waals surface area (Å²) < 4.78 is 5.18. The number of methoxy groups -OCH3 is 1. The predicted molar refractivity (Wildman–Crippen MR) is 104 cm³/mol. The zero-order valence-electron chi connectivity index (χ0n) is 13.4. The molecule has 1 aromatic rings. The topological polar surface area (TPSA) is 48.9 Å². The smallest absolute Gasteiger partial charge is 0.191 e. The van der Waals surface area contributed by atoms with Crippen molar-refractivity contribution < 1.29 is 4.74 Å². The van der Waals surface area contributed by atoms with E-state index in [1.165, 1.54) is 18.4 Å². The van der Waals surface area contributed by atoms with Crippen LogP contribution in [0.1, 0.15) is 18.4 Å². The Labute approximate surface area is 154 Å². The normalized spacial score (nSPS) is 14.8. The maximum Gasteiger partial charge on any atom is 0.191 e. The van der Waals surface area contributed by atoms with E-state index in [2.05, 4.69) is 37.4 Å². The van der Waals surface area contributed by atoms with Gasteiger partial charge >= 0.3 is 0 Å². The summed E-state index contributed by atoms with van der Waals surface area (Å²) in [5.74, 6) is 0.865. The summed E-state index contributed by atoms with van der Waals surface area (Å²) in [5.41, 5.74) is 1.29. The third-order valence-corrected chi connectivity index (χ3v) is 4.33. The minimum atomic E-state index is 0. The Balaban J connectivity index is 0.00000242. The van der Waals surface area contributed by atoms with Gasteiger partial charge in [-0.2, -0.15) is 11.3 Å². The van der Waals surface area contributed by atoms with Crippen LogP contribution in [0.25, 0.3) is 0 Å². The van der Waals surface area contributed by atoms with Gasteiger partial charge in [-0.05, 0) is 35.2 Å². The Morgan fingerprint density at radius 2 is 2.23 bits per heavy atom. The molecule has 0 radical (unpaired) electrons. The van der Waals surface area contributed by atoms with Crippen LogP contribution in [0, 0.1) is 0 Å². The number of rotatable bonds is 9. The molecule has 1 fully saturated rings. The highest BCUT2D eigenvalue weighted by Gasteiger charge is 2.28. The molecule has 0 unspecified atom stereocenters. The van der Waals surface area contributed by atoms with Crippen molar-refractivity contribution in [2.24, 2.45) is 4.99 Å². The summed E-state index contributed by atoms with van der Waals surface area (Å²) in [6.07, 6.45) is 2.66. The lowest BCUT2D eigenvalue weighted by Crippen LogP contribution is -2.42. The highest BCUT2D eigenvalue weighted by atomic mass is 127. The highest BCUT2D eigenvalue weighted by Crippen LogP contribution is 2.25. The first-order valence-electron chi connectivity index (χ1n) is 7.52. The second kappa shape index (κ2) is 11.2. The molecule has 22 heavy (non-hydrogen) atoms. The molecule has 1 aliphatic carbocycles. The van der Waals surface area contributed by atoms with Crippen LogP contribution in [-0.4, -0.2) is 57.3 Å². The van der Waals surface area contributed by atoms with Crippen LogP contribution in [0.5, 0.6) is 0 Å². The van der Waals surface area contributed by atoms with Gasteiger partial charge in [0.25, 0.3) is 0 Å². The van der Waals surface area contributed by atoms with E-state index >= 15 is 0 Å². The van der Waals surface area contributed by atoms with Gasteiger partial charge in [-0.15, -0.1) is 24.0 Å². The van der Waals surface area contributed by atoms with Crippen LogP contribution < -0.4 is 10.6 Å². The molecule has 0 atom stereocenters. The molecule has 1 heterocycles. The Kier molecular flexibility index (Phi) is 10.0. The molecule has 2 rings (SSSR count). The van der Waals surface area contributed by atoms with Gasteiger partial charge in [0.15, 0.2) is 5.96 Å². The van der Waals surface area contributed by atoms with Gasteiger partial charge < -0.3 is 15.4 Å². The van der Waals surface area contributed by atoms with Gasteiger partial charge in [0.2, 0.25) is 0 Å². The number of ether oxygens (including phenoxy) is 1. The summed E-state index contributed by atoms with van der Waals surface area (Å²) >= 11 is 1.72. The largest absolute Gasteiger partial charge is 0.383 e. The van der Waals surface area contributed by atoms with Gasteiger partial charge in [0.05, 0.1) is 6.61 Å². The number of guanidine groups is 1. The molecule has 0 saturated heterocycles. The van der Waals surface area contributed by atoms with Crippen molar-refractivity contribution in [3.63, 3.8) is 0 Å². The number of hydrogen-bond donors (Lipinski definition) is 2. The molecule has 1 aliphatic rings. The summed E-state index contributed by atoms with van der Waals surface area (Å²) in [5, 5.41) is 11.0. The van der Waals surface area contributed by atoms with E-state index in [9.17, 15) is 0 Å². The number of aliphatic imine (C=N–C) groups is 1. The molecular weight excluding hydrogens is 411 g/mol. The van der Waals surface area contributed by atoms with Crippen molar-refractivity contribution in [2.75, 3.05) is 40.4 Å². The van der Waals surface area contributed by atoms with Gasteiger partial charge in [0.1, 0.15) is 0 Å². The van der Waals surface area contributed by atoms with E-state index in [1.54, 1.807) is 18.4 Å². The van der Waals surface area contributed by atoms with E-state index in [4.69, 9.17) is 4.74 Å². The van der Waals surface area contributed by atoms with E-state index in [1.807, 2.05) is 7.05 Å². The molecule has 7 heteroatoms. The van der Waals surface area contributed by atoms with Crippen molar-refractivity contribution in [2.45, 2.75) is 25.4 Å². The van der Waals surface area contributed by atoms with Crippen molar-refractivity contribution in [3.05, 3.63) is 22.4 Å². The van der Waals surface area contributed by atoms with E-state index in [-0.39, 0.29) is 24.0 Å². The van der Waals surface area contributed by atoms with Crippen molar-refractivity contribution in [1.29, 1.82) is 0 Å². The average Bonchev–Trinajstić information content (AvgIpc) is 3.21. The second-order valence-corrected chi connectivity index (χ2v) is 6.02. The molecule has 1 saturated carbocycles. The Bertz CT molecular complexity index is 423. The Morgan fingerprint density at radius 1 is 1.41 bits per heavy atom. The Morgan fingerprint density at radius 3 is 2.82 bits per heavy atom. The van der Waals surface area contributed by atoms with Gasteiger partial charge in [0, 0.05) is 46.4 Å². The molecule has 126 valence electrons. The fourth-order valence-corrected chi connectivity index (χ4v) is 2.91. The van der Waals surface area contributed by atoms with Crippen molar-refractivity contribution >= 4 is 41.3 Å². The number of thiophene rings is 1. The van der Waals surface area contributed by atoms with Gasteiger partial charge in [-0.3, -0.25) is 9.89 Å². The maximum absolute atomic E-state index is 5.18. The van der Waals surface area contributed by atoms with Crippen LogP contribution in [0.2, 0.25) is 0 Å². The molecule has 0 aliphatic heterocycles. The highest BCUT2D eigenvalue weighted by molar-refractivity contribution is 14.0. The molecule has 5 nitrogen and oxygen atoms in total. The molecule has 2 N–H and O–H groups in total. The molecule has 1 aromatic heterocycles. The minimum Gasteiger partial charge on any atom is -0.383 e. The summed E-state index contributed by atoms with van der Waals surface area (Å²) in [6, 6.07) is 2.90. The van der Waals surface area contributed by atoms with E-state index < -0.39 is 0 Å². The number of nitrogens with one attached hydrogen (secondary N) is 2. The quantitative estimate of drug-likeness (QED) is 0.353. The van der Waals surface area contributed by atoms with Crippen LogP contribution in [-0.2, 0) is 11.3 Å².